The highest BCUT2D eigenvalue weighted by Crippen LogP contribution is 2.58. The highest BCUT2D eigenvalue weighted by molar-refractivity contribution is 5.85. The number of ether oxygens (including phenoxy) is 2. The van der Waals surface area contributed by atoms with E-state index in [1.165, 1.54) is 24.3 Å². The van der Waals surface area contributed by atoms with Gasteiger partial charge in [0.1, 0.15) is 17.9 Å². The Morgan fingerprint density at radius 2 is 1.12 bits per heavy atom. The predicted molar refractivity (Wildman–Crippen MR) is 229 cm³/mol. The van der Waals surface area contributed by atoms with Gasteiger partial charge in [0.15, 0.2) is 11.2 Å². The molecule has 16 heteroatoms. The summed E-state index contributed by atoms with van der Waals surface area (Å²) in [5, 5.41) is 20.8. The van der Waals surface area contributed by atoms with Gasteiger partial charge >= 0.3 is 12.4 Å². The lowest BCUT2D eigenvalue weighted by atomic mass is 9.58. The number of carbonyl (C=O) groups excluding carboxylic acids is 1. The Morgan fingerprint density at radius 1 is 0.667 bits per heavy atom. The number of methoxy groups -OCH3 is 2. The topological polar surface area (TPSA) is 95.0 Å². The maximum atomic E-state index is 13.9. The molecule has 2 aromatic heterocycles. The zero-order chi connectivity index (χ0) is 46.9. The zero-order valence-corrected chi connectivity index (χ0v) is 36.3. The smallest absolute Gasteiger partial charge is 0.369 e. The van der Waals surface area contributed by atoms with E-state index in [1.807, 2.05) is 24.3 Å². The minimum absolute atomic E-state index is 0.0825. The zero-order valence-electron chi connectivity index (χ0n) is 36.3. The van der Waals surface area contributed by atoms with Crippen LogP contribution in [0.25, 0.3) is 33.2 Å². The van der Waals surface area contributed by atoms with E-state index >= 15 is 0 Å². The van der Waals surface area contributed by atoms with Crippen LogP contribution in [0, 0.1) is 34.8 Å². The number of benzene rings is 4. The van der Waals surface area contributed by atoms with Crippen LogP contribution >= 0.6 is 0 Å². The number of rotatable bonds is 5. The van der Waals surface area contributed by atoms with Gasteiger partial charge in [-0.2, -0.15) is 41.8 Å². The van der Waals surface area contributed by atoms with Crippen molar-refractivity contribution in [3.63, 3.8) is 0 Å². The van der Waals surface area contributed by atoms with Crippen molar-refractivity contribution in [2.45, 2.75) is 111 Å². The van der Waals surface area contributed by atoms with E-state index in [4.69, 9.17) is 9.47 Å². The third kappa shape index (κ3) is 7.28. The molecule has 0 bridgehead atoms. The normalized spacial score (nSPS) is 27.5. The monoisotopic (exact) mass is 917 g/mol. The van der Waals surface area contributed by atoms with Crippen LogP contribution in [0.1, 0.15) is 86.5 Å². The minimum Gasteiger partial charge on any atom is -0.369 e. The lowest BCUT2D eigenvalue weighted by Gasteiger charge is -2.49. The first-order valence-electron chi connectivity index (χ1n) is 22.1. The molecule has 8 nitrogen and oxygen atoms in total. The molecule has 2 saturated carbocycles. The van der Waals surface area contributed by atoms with Gasteiger partial charge in [-0.25, -0.2) is 18.1 Å². The molecule has 6 aromatic rings. The molecule has 346 valence electrons. The summed E-state index contributed by atoms with van der Waals surface area (Å²) in [7, 11) is 2.23. The van der Waals surface area contributed by atoms with Crippen LogP contribution in [-0.4, -0.2) is 63.6 Å². The third-order valence-corrected chi connectivity index (χ3v) is 15.4. The molecule has 66 heavy (non-hydrogen) atoms. The van der Waals surface area contributed by atoms with Crippen molar-refractivity contribution < 1.29 is 49.4 Å². The molecule has 0 amide bonds. The molecule has 0 unspecified atom stereocenters. The average molecular weight is 918 g/mol. The maximum absolute atomic E-state index is 13.9. The molecule has 0 spiro atoms. The first-order valence-corrected chi connectivity index (χ1v) is 22.1. The number of hydrogen-bond donors (Lipinski definition) is 0. The summed E-state index contributed by atoms with van der Waals surface area (Å²) in [5.74, 6) is -1.60. The van der Waals surface area contributed by atoms with Crippen molar-refractivity contribution in [1.82, 2.24) is 19.6 Å². The highest BCUT2D eigenvalue weighted by atomic mass is 19.4. The molecular weight excluding hydrogens is 871 g/mol. The van der Waals surface area contributed by atoms with Crippen LogP contribution in [0.2, 0.25) is 0 Å². The number of fused-ring (bicyclic) bond motifs is 8. The van der Waals surface area contributed by atoms with Gasteiger partial charge in [-0.3, -0.25) is 0 Å². The number of nitrogens with zero attached hydrogens (tertiary/aromatic N) is 5. The highest BCUT2D eigenvalue weighted by Gasteiger charge is 2.64. The summed E-state index contributed by atoms with van der Waals surface area (Å²) in [4.78, 5) is 12.6. The van der Waals surface area contributed by atoms with E-state index in [9.17, 15) is 45.2 Å². The summed E-state index contributed by atoms with van der Waals surface area (Å²) in [5.41, 5.74) is 0.189. The first kappa shape index (κ1) is 45.5. The molecule has 4 aliphatic carbocycles. The van der Waals surface area contributed by atoms with Crippen molar-refractivity contribution in [2.75, 3.05) is 14.2 Å². The second kappa shape index (κ2) is 16.6. The largest absolute Gasteiger partial charge is 0.417 e. The summed E-state index contributed by atoms with van der Waals surface area (Å²) >= 11 is 0. The molecule has 6 atom stereocenters. The second-order valence-corrected chi connectivity index (χ2v) is 18.4. The van der Waals surface area contributed by atoms with Crippen LogP contribution in [0.5, 0.6) is 0 Å². The van der Waals surface area contributed by atoms with E-state index in [0.29, 0.717) is 49.9 Å². The molecule has 10 rings (SSSR count). The molecule has 0 saturated heterocycles. The van der Waals surface area contributed by atoms with Gasteiger partial charge in [-0.05, 0) is 184 Å². The summed E-state index contributed by atoms with van der Waals surface area (Å²) in [6.45, 7) is 0. The summed E-state index contributed by atoms with van der Waals surface area (Å²) in [6, 6.07) is 22.3. The van der Waals surface area contributed by atoms with Gasteiger partial charge in [0, 0.05) is 25.0 Å². The Morgan fingerprint density at radius 3 is 1.59 bits per heavy atom. The number of nitriles is 1. The number of aromatic nitrogens is 4. The number of halogens is 8. The van der Waals surface area contributed by atoms with Gasteiger partial charge in [-0.15, -0.1) is 0 Å². The standard InChI is InChI=1S/C25H23F4N3O.C25H24F4N2O2/c1-33-24(25(27,28)29)10-9-23(15-30)18(13-24)4-2-3-16-12-22-17(11-21(16)23)14-31-32(22)20-7-5-19(26)6-8-20;1-33-24(25(27,28)29)10-9-23(15-32)18(13-24)4-2-3-16-12-22-17(11-21(16)23)14-30-31(22)20-7-5-19(26)6-8-20/h5-8,11-12,14,18H,2-4,9-10,13H2,1H3;5-8,11-12,14-15,18H,2-4,9-10,13H2,1H3/t2*18-,23+,24-/m11/s1. The van der Waals surface area contributed by atoms with Gasteiger partial charge in [0.05, 0.1) is 51.7 Å². The molecule has 0 radical (unpaired) electrons. The van der Waals surface area contributed by atoms with E-state index in [-0.39, 0.29) is 50.2 Å². The Balaban J connectivity index is 0.000000166. The van der Waals surface area contributed by atoms with Gasteiger partial charge in [0.25, 0.3) is 0 Å². The third-order valence-electron chi connectivity index (χ3n) is 15.4. The van der Waals surface area contributed by atoms with Gasteiger partial charge in [-0.1, -0.05) is 0 Å². The van der Waals surface area contributed by atoms with Crippen LogP contribution < -0.4 is 0 Å². The Labute approximate surface area is 375 Å². The van der Waals surface area contributed by atoms with Crippen molar-refractivity contribution in [2.24, 2.45) is 11.8 Å². The van der Waals surface area contributed by atoms with Crippen molar-refractivity contribution >= 4 is 28.1 Å². The fourth-order valence-corrected chi connectivity index (χ4v) is 11.7. The Bertz CT molecular complexity index is 2830. The molecule has 4 aromatic carbocycles. The van der Waals surface area contributed by atoms with E-state index in [1.54, 1.807) is 46.0 Å². The van der Waals surface area contributed by atoms with Gasteiger partial charge < -0.3 is 14.3 Å². The van der Waals surface area contributed by atoms with Crippen LogP contribution in [0.4, 0.5) is 35.1 Å². The molecule has 2 heterocycles. The predicted octanol–water partition coefficient (Wildman–Crippen LogP) is 11.7. The quantitative estimate of drug-likeness (QED) is 0.126. The van der Waals surface area contributed by atoms with Gasteiger partial charge in [0.2, 0.25) is 0 Å². The molecule has 0 N–H and O–H groups in total. The van der Waals surface area contributed by atoms with Crippen LogP contribution in [-0.2, 0) is 37.9 Å². The van der Waals surface area contributed by atoms with Crippen molar-refractivity contribution in [1.29, 1.82) is 5.26 Å². The summed E-state index contributed by atoms with van der Waals surface area (Å²) < 4.78 is 124. The maximum Gasteiger partial charge on any atom is 0.417 e. The molecule has 0 aliphatic heterocycles. The lowest BCUT2D eigenvalue weighted by Crippen LogP contribution is -2.56. The fraction of sp³-hybridized carbons (Fsp3) is 0.440. The summed E-state index contributed by atoms with van der Waals surface area (Å²) in [6.07, 6.45) is -1.76. The minimum atomic E-state index is -4.49. The SMILES string of the molecule is CO[C@]1(C(F)(F)F)CC[C@@]2(C#N)c3cc4cnn(-c5ccc(F)cc5)c4cc3CCC[C@@H]2C1.CO[C@]1(C(F)(F)F)CC[C@@]2(C=O)c3cc4cnn(-c5ccc(F)cc5)c4cc3CCC[C@@H]2C1. The average Bonchev–Trinajstić information content (AvgIpc) is 3.83. The van der Waals surface area contributed by atoms with Crippen molar-refractivity contribution in [3.8, 4) is 17.4 Å². The van der Waals surface area contributed by atoms with Crippen molar-refractivity contribution in [3.05, 3.63) is 119 Å². The van der Waals surface area contributed by atoms with Crippen LogP contribution in [0.15, 0.2) is 85.2 Å². The molecule has 4 aliphatic rings. The molecule has 2 fully saturated rings. The fourth-order valence-electron chi connectivity index (χ4n) is 11.7. The Hall–Kier alpha value is -5.66. The number of aryl methyl sites for hydroxylation is 2. The lowest BCUT2D eigenvalue weighted by molar-refractivity contribution is -0.287. The number of hydrogen-bond acceptors (Lipinski definition) is 6. The van der Waals surface area contributed by atoms with Crippen LogP contribution in [0.3, 0.4) is 0 Å². The second-order valence-electron chi connectivity index (χ2n) is 18.4. The van der Waals surface area contributed by atoms with E-state index in [0.717, 1.165) is 64.6 Å². The Kier molecular flexibility index (Phi) is 11.4. The van der Waals surface area contributed by atoms with E-state index < -0.39 is 46.2 Å². The van der Waals surface area contributed by atoms with E-state index in [2.05, 4.69) is 16.3 Å². The first-order chi connectivity index (χ1) is 31.5. The molecular formula is C50H47F8N5O3. The number of alkyl halides is 6. The number of carbonyl (C=O) groups is 1. The number of aldehydes is 1.